The largest absolute Gasteiger partial charge is 0.480 e. The van der Waals surface area contributed by atoms with E-state index in [2.05, 4.69) is 13.8 Å². The van der Waals surface area contributed by atoms with Gasteiger partial charge in [-0.15, -0.1) is 11.8 Å². The number of hydrogen-bond donors (Lipinski definition) is 1. The summed E-state index contributed by atoms with van der Waals surface area (Å²) >= 11 is 1.47. The highest BCUT2D eigenvalue weighted by Gasteiger charge is 2.54. The minimum atomic E-state index is -0.649. The second-order valence-electron chi connectivity index (χ2n) is 4.02. The predicted molar refractivity (Wildman–Crippen MR) is 46.9 cm³/mol. The molecular formula is C8H14O2S. The zero-order valence-electron chi connectivity index (χ0n) is 7.18. The van der Waals surface area contributed by atoms with Crippen molar-refractivity contribution in [2.75, 3.05) is 6.26 Å². The molecule has 1 saturated carbocycles. The maximum atomic E-state index is 10.8. The third-order valence-electron chi connectivity index (χ3n) is 2.31. The molecule has 2 nitrogen and oxygen atoms in total. The first-order valence-corrected chi connectivity index (χ1v) is 4.93. The molecule has 0 atom stereocenters. The molecule has 1 aliphatic carbocycles. The fourth-order valence-corrected chi connectivity index (χ4v) is 3.12. The summed E-state index contributed by atoms with van der Waals surface area (Å²) in [7, 11) is 0. The first-order chi connectivity index (χ1) is 4.92. The van der Waals surface area contributed by atoms with Crippen LogP contribution < -0.4 is 0 Å². The third-order valence-corrected chi connectivity index (χ3v) is 3.55. The third kappa shape index (κ3) is 1.39. The van der Waals surface area contributed by atoms with Crippen LogP contribution in [-0.4, -0.2) is 22.1 Å². The van der Waals surface area contributed by atoms with E-state index in [0.717, 1.165) is 12.8 Å². The van der Waals surface area contributed by atoms with E-state index < -0.39 is 10.7 Å². The Hall–Kier alpha value is -0.180. The van der Waals surface area contributed by atoms with E-state index in [4.69, 9.17) is 5.11 Å². The summed E-state index contributed by atoms with van der Waals surface area (Å²) in [5.41, 5.74) is 0.238. The molecule has 3 heteroatoms. The summed E-state index contributed by atoms with van der Waals surface area (Å²) < 4.78 is -0.469. The Balaban J connectivity index is 2.64. The smallest absolute Gasteiger partial charge is 0.319 e. The van der Waals surface area contributed by atoms with Crippen LogP contribution in [0.2, 0.25) is 0 Å². The molecule has 0 aromatic rings. The molecule has 0 saturated heterocycles. The van der Waals surface area contributed by atoms with Crippen LogP contribution in [0.15, 0.2) is 0 Å². The van der Waals surface area contributed by atoms with E-state index in [9.17, 15) is 4.79 Å². The van der Waals surface area contributed by atoms with Gasteiger partial charge in [-0.3, -0.25) is 4.79 Å². The van der Waals surface area contributed by atoms with Gasteiger partial charge in [0.1, 0.15) is 4.75 Å². The van der Waals surface area contributed by atoms with Crippen LogP contribution in [0, 0.1) is 5.41 Å². The summed E-state index contributed by atoms with van der Waals surface area (Å²) in [4.78, 5) is 10.8. The van der Waals surface area contributed by atoms with Crippen LogP contribution in [0.25, 0.3) is 0 Å². The fourth-order valence-electron chi connectivity index (χ4n) is 1.88. The van der Waals surface area contributed by atoms with E-state index in [1.807, 2.05) is 6.26 Å². The van der Waals surface area contributed by atoms with Crippen molar-refractivity contribution in [2.45, 2.75) is 31.4 Å². The van der Waals surface area contributed by atoms with Crippen molar-refractivity contribution in [3.05, 3.63) is 0 Å². The van der Waals surface area contributed by atoms with Gasteiger partial charge in [-0.1, -0.05) is 13.8 Å². The Morgan fingerprint density at radius 2 is 1.91 bits per heavy atom. The highest BCUT2D eigenvalue weighted by Crippen LogP contribution is 2.54. The van der Waals surface area contributed by atoms with Crippen molar-refractivity contribution in [3.8, 4) is 0 Å². The molecule has 0 heterocycles. The molecule has 1 rings (SSSR count). The molecule has 0 aromatic carbocycles. The summed E-state index contributed by atoms with van der Waals surface area (Å²) in [6.07, 6.45) is 3.48. The lowest BCUT2D eigenvalue weighted by molar-refractivity contribution is -0.145. The molecular weight excluding hydrogens is 160 g/mol. The molecule has 0 aliphatic heterocycles. The monoisotopic (exact) mass is 174 g/mol. The summed E-state index contributed by atoms with van der Waals surface area (Å²) in [6, 6.07) is 0. The second kappa shape index (κ2) is 2.41. The highest BCUT2D eigenvalue weighted by molar-refractivity contribution is 8.00. The summed E-state index contributed by atoms with van der Waals surface area (Å²) in [5, 5.41) is 8.90. The van der Waals surface area contributed by atoms with Gasteiger partial charge >= 0.3 is 5.97 Å². The van der Waals surface area contributed by atoms with Gasteiger partial charge in [-0.05, 0) is 24.5 Å². The summed E-state index contributed by atoms with van der Waals surface area (Å²) in [6.45, 7) is 4.23. The Labute approximate surface area is 71.4 Å². The second-order valence-corrected chi connectivity index (χ2v) is 5.21. The van der Waals surface area contributed by atoms with Crippen LogP contribution in [0.5, 0.6) is 0 Å². The standard InChI is InChI=1S/C8H14O2S/c1-7(2)4-8(5-7,11-3)6(9)10/h4-5H2,1-3H3,(H,9,10). The van der Waals surface area contributed by atoms with Crippen molar-refractivity contribution < 1.29 is 9.90 Å². The van der Waals surface area contributed by atoms with Crippen molar-refractivity contribution in [1.29, 1.82) is 0 Å². The SMILES string of the molecule is CSC1(C(=O)O)CC(C)(C)C1. The van der Waals surface area contributed by atoms with Crippen molar-refractivity contribution in [1.82, 2.24) is 0 Å². The van der Waals surface area contributed by atoms with Crippen LogP contribution in [0.3, 0.4) is 0 Å². The number of carbonyl (C=O) groups is 1. The minimum Gasteiger partial charge on any atom is -0.480 e. The van der Waals surface area contributed by atoms with Gasteiger partial charge in [0, 0.05) is 0 Å². The van der Waals surface area contributed by atoms with Crippen molar-refractivity contribution in [3.63, 3.8) is 0 Å². The summed E-state index contributed by atoms with van der Waals surface area (Å²) in [5.74, 6) is -0.649. The van der Waals surface area contributed by atoms with Gasteiger partial charge in [0.15, 0.2) is 0 Å². The molecule has 1 fully saturated rings. The van der Waals surface area contributed by atoms with Crippen LogP contribution in [-0.2, 0) is 4.79 Å². The lowest BCUT2D eigenvalue weighted by Crippen LogP contribution is -2.51. The molecule has 0 spiro atoms. The van der Waals surface area contributed by atoms with Gasteiger partial charge in [0.05, 0.1) is 0 Å². The number of rotatable bonds is 2. The van der Waals surface area contributed by atoms with Crippen molar-refractivity contribution >= 4 is 17.7 Å². The first-order valence-electron chi connectivity index (χ1n) is 3.70. The molecule has 0 unspecified atom stereocenters. The number of hydrogen-bond acceptors (Lipinski definition) is 2. The predicted octanol–water partition coefficient (Wildman–Crippen LogP) is 1.99. The maximum Gasteiger partial charge on any atom is 0.319 e. The highest BCUT2D eigenvalue weighted by atomic mass is 32.2. The van der Waals surface area contributed by atoms with Gasteiger partial charge in [0.2, 0.25) is 0 Å². The van der Waals surface area contributed by atoms with Gasteiger partial charge in [0.25, 0.3) is 0 Å². The molecule has 0 bridgehead atoms. The first kappa shape index (κ1) is 8.91. The van der Waals surface area contributed by atoms with E-state index in [-0.39, 0.29) is 5.41 Å². The average molecular weight is 174 g/mol. The molecule has 11 heavy (non-hydrogen) atoms. The maximum absolute atomic E-state index is 10.8. The van der Waals surface area contributed by atoms with E-state index in [1.54, 1.807) is 0 Å². The van der Waals surface area contributed by atoms with E-state index in [1.165, 1.54) is 11.8 Å². The zero-order valence-corrected chi connectivity index (χ0v) is 7.99. The Bertz CT molecular complexity index is 179. The van der Waals surface area contributed by atoms with Crippen molar-refractivity contribution in [2.24, 2.45) is 5.41 Å². The quantitative estimate of drug-likeness (QED) is 0.695. The lowest BCUT2D eigenvalue weighted by Gasteiger charge is -2.49. The van der Waals surface area contributed by atoms with Gasteiger partial charge in [-0.2, -0.15) is 0 Å². The molecule has 0 aromatic heterocycles. The molecule has 64 valence electrons. The van der Waals surface area contributed by atoms with Crippen LogP contribution in [0.1, 0.15) is 26.7 Å². The Morgan fingerprint density at radius 1 is 1.45 bits per heavy atom. The van der Waals surface area contributed by atoms with E-state index >= 15 is 0 Å². The fraction of sp³-hybridized carbons (Fsp3) is 0.875. The molecule has 0 radical (unpaired) electrons. The molecule has 1 aliphatic rings. The van der Waals surface area contributed by atoms with Crippen LogP contribution >= 0.6 is 11.8 Å². The Kier molecular flexibility index (Phi) is 1.95. The number of thioether (sulfide) groups is 1. The van der Waals surface area contributed by atoms with E-state index in [0.29, 0.717) is 0 Å². The lowest BCUT2D eigenvalue weighted by atomic mass is 9.64. The average Bonchev–Trinajstić information content (AvgIpc) is 1.81. The number of carboxylic acids is 1. The minimum absolute atomic E-state index is 0.238. The zero-order chi connectivity index (χ0) is 8.70. The molecule has 0 amide bonds. The topological polar surface area (TPSA) is 37.3 Å². The normalized spacial score (nSPS) is 25.7. The number of aliphatic carboxylic acids is 1. The Morgan fingerprint density at radius 3 is 2.00 bits per heavy atom. The van der Waals surface area contributed by atoms with Gasteiger partial charge < -0.3 is 5.11 Å². The van der Waals surface area contributed by atoms with Gasteiger partial charge in [-0.25, -0.2) is 0 Å². The number of carboxylic acid groups (broad SMARTS) is 1. The van der Waals surface area contributed by atoms with Crippen LogP contribution in [0.4, 0.5) is 0 Å². The molecule has 1 N–H and O–H groups in total.